The number of hydrogen-bond donors (Lipinski definition) is 0. The quantitative estimate of drug-likeness (QED) is 0.701. The van der Waals surface area contributed by atoms with Crippen LogP contribution >= 0.6 is 0 Å². The van der Waals surface area contributed by atoms with Gasteiger partial charge in [0.25, 0.3) is 0 Å². The third-order valence-electron chi connectivity index (χ3n) is 6.14. The van der Waals surface area contributed by atoms with Crippen molar-refractivity contribution in [2.75, 3.05) is 53.0 Å². The van der Waals surface area contributed by atoms with Crippen molar-refractivity contribution in [2.24, 2.45) is 11.3 Å². The Morgan fingerprint density at radius 3 is 2.62 bits per heavy atom. The highest BCUT2D eigenvalue weighted by Crippen LogP contribution is 2.44. The van der Waals surface area contributed by atoms with E-state index in [1.807, 2.05) is 23.1 Å². The first kappa shape index (κ1) is 19.3. The van der Waals surface area contributed by atoms with Gasteiger partial charge < -0.3 is 19.3 Å². The molecule has 2 heterocycles. The molecular formula is C21H32N2O3. The zero-order chi connectivity index (χ0) is 18.4. The lowest BCUT2D eigenvalue weighted by atomic mass is 9.71. The third-order valence-corrected chi connectivity index (χ3v) is 6.14. The summed E-state index contributed by atoms with van der Waals surface area (Å²) in [6, 6.07) is 10.3. The lowest BCUT2D eigenvalue weighted by molar-refractivity contribution is -0.128. The summed E-state index contributed by atoms with van der Waals surface area (Å²) in [6.07, 6.45) is 2.28. The fourth-order valence-electron chi connectivity index (χ4n) is 4.45. The zero-order valence-electron chi connectivity index (χ0n) is 16.2. The summed E-state index contributed by atoms with van der Waals surface area (Å²) in [5.74, 6) is 0.660. The van der Waals surface area contributed by atoms with Gasteiger partial charge >= 0.3 is 0 Å². The average molecular weight is 360 g/mol. The number of carbonyl (C=O) groups is 1. The molecule has 5 nitrogen and oxygen atoms in total. The van der Waals surface area contributed by atoms with E-state index in [9.17, 15) is 4.79 Å². The van der Waals surface area contributed by atoms with Crippen molar-refractivity contribution in [1.29, 1.82) is 0 Å². The van der Waals surface area contributed by atoms with Crippen molar-refractivity contribution in [3.63, 3.8) is 0 Å². The van der Waals surface area contributed by atoms with Crippen LogP contribution in [0.3, 0.4) is 0 Å². The molecular weight excluding hydrogens is 328 g/mol. The number of hydrogen-bond acceptors (Lipinski definition) is 4. The van der Waals surface area contributed by atoms with Gasteiger partial charge in [0.1, 0.15) is 0 Å². The summed E-state index contributed by atoms with van der Waals surface area (Å²) in [6.45, 7) is 8.78. The number of nitrogens with zero attached hydrogens (tertiary/aromatic N) is 2. The van der Waals surface area contributed by atoms with E-state index >= 15 is 0 Å². The van der Waals surface area contributed by atoms with Crippen LogP contribution in [0.15, 0.2) is 30.3 Å². The highest BCUT2D eigenvalue weighted by Gasteiger charge is 2.48. The topological polar surface area (TPSA) is 42.0 Å². The van der Waals surface area contributed by atoms with Gasteiger partial charge in [0, 0.05) is 39.6 Å². The summed E-state index contributed by atoms with van der Waals surface area (Å²) in [5, 5.41) is 0. The molecule has 0 N–H and O–H groups in total. The van der Waals surface area contributed by atoms with Crippen LogP contribution in [0.5, 0.6) is 0 Å². The first-order valence-electron chi connectivity index (χ1n) is 9.71. The van der Waals surface area contributed by atoms with Gasteiger partial charge in [-0.2, -0.15) is 0 Å². The normalized spacial score (nSPS) is 22.8. The SMILES string of the molecule is COC[C@H]1CN(C(C)=O)CC12CCN(CCOCc1ccccc1)CC2. The molecule has 0 aliphatic carbocycles. The molecule has 1 atom stereocenters. The van der Waals surface area contributed by atoms with E-state index in [2.05, 4.69) is 17.0 Å². The molecule has 0 radical (unpaired) electrons. The lowest BCUT2D eigenvalue weighted by Crippen LogP contribution is -2.46. The Kier molecular flexibility index (Phi) is 6.68. The summed E-state index contributed by atoms with van der Waals surface area (Å²) < 4.78 is 11.3. The highest BCUT2D eigenvalue weighted by molar-refractivity contribution is 5.73. The summed E-state index contributed by atoms with van der Waals surface area (Å²) in [5.41, 5.74) is 1.46. The van der Waals surface area contributed by atoms with Gasteiger partial charge in [0.05, 0.1) is 19.8 Å². The number of ether oxygens (including phenoxy) is 2. The van der Waals surface area contributed by atoms with E-state index in [1.165, 1.54) is 5.56 Å². The summed E-state index contributed by atoms with van der Waals surface area (Å²) >= 11 is 0. The van der Waals surface area contributed by atoms with E-state index in [1.54, 1.807) is 14.0 Å². The Bertz CT molecular complexity index is 570. The monoisotopic (exact) mass is 360 g/mol. The molecule has 26 heavy (non-hydrogen) atoms. The van der Waals surface area contributed by atoms with E-state index in [0.29, 0.717) is 12.5 Å². The molecule has 1 spiro atoms. The van der Waals surface area contributed by atoms with Crippen LogP contribution in [0.25, 0.3) is 0 Å². The fourth-order valence-corrected chi connectivity index (χ4v) is 4.45. The maximum atomic E-state index is 11.8. The fraction of sp³-hybridized carbons (Fsp3) is 0.667. The Morgan fingerprint density at radius 2 is 1.96 bits per heavy atom. The Morgan fingerprint density at radius 1 is 1.23 bits per heavy atom. The maximum Gasteiger partial charge on any atom is 0.219 e. The molecule has 0 aromatic heterocycles. The number of benzene rings is 1. The van der Waals surface area contributed by atoms with Crippen LogP contribution in [0.2, 0.25) is 0 Å². The van der Waals surface area contributed by atoms with Gasteiger partial charge in [-0.3, -0.25) is 4.79 Å². The van der Waals surface area contributed by atoms with Crippen molar-refractivity contribution >= 4 is 5.91 Å². The number of likely N-dealkylation sites (tertiary alicyclic amines) is 2. The molecule has 2 aliphatic heterocycles. The van der Waals surface area contributed by atoms with Crippen LogP contribution in [-0.2, 0) is 20.9 Å². The van der Waals surface area contributed by atoms with Gasteiger partial charge in [0.15, 0.2) is 0 Å². The van der Waals surface area contributed by atoms with Crippen LogP contribution in [0.4, 0.5) is 0 Å². The molecule has 0 unspecified atom stereocenters. The van der Waals surface area contributed by atoms with Gasteiger partial charge in [-0.05, 0) is 36.9 Å². The molecule has 5 heteroatoms. The zero-order valence-corrected chi connectivity index (χ0v) is 16.2. The molecule has 0 bridgehead atoms. The van der Waals surface area contributed by atoms with Crippen LogP contribution < -0.4 is 0 Å². The van der Waals surface area contributed by atoms with E-state index in [-0.39, 0.29) is 11.3 Å². The number of piperidine rings is 1. The Labute approximate surface area is 157 Å². The molecule has 2 aliphatic rings. The molecule has 1 aromatic carbocycles. The molecule has 0 saturated carbocycles. The van der Waals surface area contributed by atoms with Crippen molar-refractivity contribution in [3.05, 3.63) is 35.9 Å². The van der Waals surface area contributed by atoms with Crippen LogP contribution in [-0.4, -0.2) is 68.8 Å². The van der Waals surface area contributed by atoms with E-state index < -0.39 is 0 Å². The Balaban J connectivity index is 1.43. The predicted molar refractivity (Wildman–Crippen MR) is 102 cm³/mol. The van der Waals surface area contributed by atoms with Gasteiger partial charge in [-0.25, -0.2) is 0 Å². The number of amides is 1. The largest absolute Gasteiger partial charge is 0.384 e. The summed E-state index contributed by atoms with van der Waals surface area (Å²) in [4.78, 5) is 16.3. The predicted octanol–water partition coefficient (Wildman–Crippen LogP) is 2.41. The first-order valence-corrected chi connectivity index (χ1v) is 9.71. The van der Waals surface area contributed by atoms with Crippen LogP contribution in [0.1, 0.15) is 25.3 Å². The minimum atomic E-state index is 0.194. The second kappa shape index (κ2) is 8.98. The lowest BCUT2D eigenvalue weighted by Gasteiger charge is -2.42. The molecule has 1 amide bonds. The van der Waals surface area contributed by atoms with E-state index in [0.717, 1.165) is 58.8 Å². The molecule has 3 rings (SSSR count). The van der Waals surface area contributed by atoms with Gasteiger partial charge in [0.2, 0.25) is 5.91 Å². The number of methoxy groups -OCH3 is 1. The summed E-state index contributed by atoms with van der Waals surface area (Å²) in [7, 11) is 1.77. The minimum absolute atomic E-state index is 0.194. The van der Waals surface area contributed by atoms with Crippen molar-refractivity contribution < 1.29 is 14.3 Å². The van der Waals surface area contributed by atoms with E-state index in [4.69, 9.17) is 9.47 Å². The van der Waals surface area contributed by atoms with Crippen molar-refractivity contribution in [1.82, 2.24) is 9.80 Å². The first-order chi connectivity index (χ1) is 12.6. The number of rotatable bonds is 7. The smallest absolute Gasteiger partial charge is 0.219 e. The van der Waals surface area contributed by atoms with Gasteiger partial charge in [-0.15, -0.1) is 0 Å². The van der Waals surface area contributed by atoms with Crippen molar-refractivity contribution in [2.45, 2.75) is 26.4 Å². The second-order valence-corrected chi connectivity index (χ2v) is 7.79. The maximum absolute atomic E-state index is 11.8. The standard InChI is InChI=1S/C21H32N2O3/c1-18(24)23-14-20(16-25-2)21(17-23)8-10-22(11-9-21)12-13-26-15-19-6-4-3-5-7-19/h3-7,20H,8-17H2,1-2H3/t20-/m1/s1. The third kappa shape index (κ3) is 4.64. The molecule has 144 valence electrons. The Hall–Kier alpha value is -1.43. The van der Waals surface area contributed by atoms with Gasteiger partial charge in [-0.1, -0.05) is 30.3 Å². The number of carbonyl (C=O) groups excluding carboxylic acids is 1. The molecule has 2 saturated heterocycles. The molecule has 2 fully saturated rings. The molecule has 1 aromatic rings. The highest BCUT2D eigenvalue weighted by atomic mass is 16.5. The second-order valence-electron chi connectivity index (χ2n) is 7.79. The van der Waals surface area contributed by atoms with Crippen LogP contribution in [0, 0.1) is 11.3 Å². The van der Waals surface area contributed by atoms with Crippen molar-refractivity contribution in [3.8, 4) is 0 Å². The average Bonchev–Trinajstić information content (AvgIpc) is 3.00. The minimum Gasteiger partial charge on any atom is -0.384 e.